The SMILES string of the molecule is CN[C@H]1CCN(S(=O)(=O)c2cccc3cncc(Cl)c23)C1. The lowest BCUT2D eigenvalue weighted by atomic mass is 10.2. The van der Waals surface area contributed by atoms with Crippen molar-refractivity contribution in [2.24, 2.45) is 0 Å². The van der Waals surface area contributed by atoms with E-state index < -0.39 is 10.0 Å². The first-order valence-electron chi connectivity index (χ1n) is 6.73. The van der Waals surface area contributed by atoms with Gasteiger partial charge in [-0.25, -0.2) is 8.42 Å². The Bertz CT molecular complexity index is 774. The van der Waals surface area contributed by atoms with Crippen LogP contribution in [0.15, 0.2) is 35.5 Å². The van der Waals surface area contributed by atoms with Crippen LogP contribution in [0.5, 0.6) is 0 Å². The lowest BCUT2D eigenvalue weighted by molar-refractivity contribution is 0.465. The normalized spacial score (nSPS) is 20.2. The van der Waals surface area contributed by atoms with Crippen molar-refractivity contribution in [2.45, 2.75) is 17.4 Å². The number of sulfonamides is 1. The molecular formula is C14H16ClN3O2S. The molecule has 1 N–H and O–H groups in total. The quantitative estimate of drug-likeness (QED) is 0.936. The molecule has 21 heavy (non-hydrogen) atoms. The van der Waals surface area contributed by atoms with Crippen LogP contribution in [0.25, 0.3) is 10.8 Å². The number of likely N-dealkylation sites (N-methyl/N-ethyl adjacent to an activating group) is 1. The monoisotopic (exact) mass is 325 g/mol. The highest BCUT2D eigenvalue weighted by Gasteiger charge is 2.33. The molecule has 112 valence electrons. The van der Waals surface area contributed by atoms with E-state index in [2.05, 4.69) is 10.3 Å². The molecule has 1 fully saturated rings. The van der Waals surface area contributed by atoms with Crippen LogP contribution in [-0.2, 0) is 10.0 Å². The maximum atomic E-state index is 12.9. The lowest BCUT2D eigenvalue weighted by Gasteiger charge is -2.18. The first kappa shape index (κ1) is 14.7. The molecule has 0 unspecified atom stereocenters. The molecule has 1 aromatic carbocycles. The molecule has 5 nitrogen and oxygen atoms in total. The molecule has 7 heteroatoms. The van der Waals surface area contributed by atoms with Crippen molar-refractivity contribution in [3.63, 3.8) is 0 Å². The van der Waals surface area contributed by atoms with Gasteiger partial charge in [-0.3, -0.25) is 4.98 Å². The number of rotatable bonds is 3. The van der Waals surface area contributed by atoms with Crippen molar-refractivity contribution in [2.75, 3.05) is 20.1 Å². The molecule has 0 radical (unpaired) electrons. The third-order valence-corrected chi connectivity index (χ3v) is 6.07. The third-order valence-electron chi connectivity index (χ3n) is 3.88. The van der Waals surface area contributed by atoms with Crippen molar-refractivity contribution in [3.8, 4) is 0 Å². The average molecular weight is 326 g/mol. The van der Waals surface area contributed by atoms with Crippen molar-refractivity contribution >= 4 is 32.4 Å². The highest BCUT2D eigenvalue weighted by Crippen LogP contribution is 2.31. The Morgan fingerprint density at radius 2 is 2.19 bits per heavy atom. The maximum absolute atomic E-state index is 12.9. The summed E-state index contributed by atoms with van der Waals surface area (Å²) in [5.74, 6) is 0. The number of fused-ring (bicyclic) bond motifs is 1. The second-order valence-corrected chi connectivity index (χ2v) is 7.43. The molecule has 1 atom stereocenters. The van der Waals surface area contributed by atoms with Gasteiger partial charge in [0.25, 0.3) is 0 Å². The summed E-state index contributed by atoms with van der Waals surface area (Å²) in [7, 11) is -1.70. The Kier molecular flexibility index (Phi) is 3.88. The van der Waals surface area contributed by atoms with Gasteiger partial charge in [0.05, 0.1) is 9.92 Å². The summed E-state index contributed by atoms with van der Waals surface area (Å²) in [6.45, 7) is 1.00. The van der Waals surface area contributed by atoms with Crippen molar-refractivity contribution in [1.29, 1.82) is 0 Å². The topological polar surface area (TPSA) is 62.3 Å². The molecule has 0 saturated carbocycles. The number of pyridine rings is 1. The van der Waals surface area contributed by atoms with E-state index >= 15 is 0 Å². The second kappa shape index (κ2) is 5.53. The van der Waals surface area contributed by atoms with Crippen molar-refractivity contribution in [3.05, 3.63) is 35.6 Å². The van der Waals surface area contributed by atoms with Gasteiger partial charge < -0.3 is 5.32 Å². The summed E-state index contributed by atoms with van der Waals surface area (Å²) >= 11 is 6.17. The van der Waals surface area contributed by atoms with E-state index in [0.29, 0.717) is 23.5 Å². The van der Waals surface area contributed by atoms with E-state index in [0.717, 1.165) is 11.8 Å². The van der Waals surface area contributed by atoms with E-state index in [9.17, 15) is 8.42 Å². The van der Waals surface area contributed by atoms with Crippen LogP contribution in [0.3, 0.4) is 0 Å². The molecule has 1 aliphatic heterocycles. The van der Waals surface area contributed by atoms with Gasteiger partial charge in [0.1, 0.15) is 0 Å². The smallest absolute Gasteiger partial charge is 0.243 e. The minimum atomic E-state index is -3.55. The molecule has 2 aromatic rings. The van der Waals surface area contributed by atoms with E-state index in [1.165, 1.54) is 10.5 Å². The van der Waals surface area contributed by atoms with Gasteiger partial charge in [0.15, 0.2) is 0 Å². The highest BCUT2D eigenvalue weighted by molar-refractivity contribution is 7.89. The Balaban J connectivity index is 2.12. The number of nitrogens with one attached hydrogen (secondary N) is 1. The van der Waals surface area contributed by atoms with Gasteiger partial charge in [-0.1, -0.05) is 23.7 Å². The zero-order valence-corrected chi connectivity index (χ0v) is 13.2. The molecule has 1 aromatic heterocycles. The van der Waals surface area contributed by atoms with Gasteiger partial charge in [-0.05, 0) is 19.5 Å². The first-order valence-corrected chi connectivity index (χ1v) is 8.55. The fourth-order valence-electron chi connectivity index (χ4n) is 2.70. The molecule has 1 aliphatic rings. The predicted octanol–water partition coefficient (Wildman–Crippen LogP) is 1.87. The lowest BCUT2D eigenvalue weighted by Crippen LogP contribution is -2.33. The first-order chi connectivity index (χ1) is 10.0. The average Bonchev–Trinajstić information content (AvgIpc) is 2.97. The van der Waals surface area contributed by atoms with Crippen LogP contribution in [-0.4, -0.2) is 43.9 Å². The molecule has 0 spiro atoms. The number of aromatic nitrogens is 1. The summed E-state index contributed by atoms with van der Waals surface area (Å²) in [5.41, 5.74) is 0. The van der Waals surface area contributed by atoms with Gasteiger partial charge >= 0.3 is 0 Å². The van der Waals surface area contributed by atoms with Crippen molar-refractivity contribution < 1.29 is 8.42 Å². The van der Waals surface area contributed by atoms with Crippen LogP contribution in [0, 0.1) is 0 Å². The Morgan fingerprint density at radius 1 is 1.38 bits per heavy atom. The minimum Gasteiger partial charge on any atom is -0.316 e. The van der Waals surface area contributed by atoms with Crippen LogP contribution in [0.1, 0.15) is 6.42 Å². The zero-order chi connectivity index (χ0) is 15.0. The molecule has 1 saturated heterocycles. The third kappa shape index (κ3) is 2.53. The molecular weight excluding hydrogens is 310 g/mol. The van der Waals surface area contributed by atoms with E-state index in [4.69, 9.17) is 11.6 Å². The Hall–Kier alpha value is -1.21. The largest absolute Gasteiger partial charge is 0.316 e. The summed E-state index contributed by atoms with van der Waals surface area (Å²) < 4.78 is 27.3. The van der Waals surface area contributed by atoms with Crippen molar-refractivity contribution in [1.82, 2.24) is 14.6 Å². The number of hydrogen-bond donors (Lipinski definition) is 1. The molecule has 0 amide bonds. The summed E-state index contributed by atoms with van der Waals surface area (Å²) in [4.78, 5) is 4.26. The van der Waals surface area contributed by atoms with Crippen LogP contribution >= 0.6 is 11.6 Å². The van der Waals surface area contributed by atoms with Crippen LogP contribution in [0.4, 0.5) is 0 Å². The number of halogens is 1. The van der Waals surface area contributed by atoms with E-state index in [1.807, 2.05) is 13.1 Å². The van der Waals surface area contributed by atoms with E-state index in [-0.39, 0.29) is 10.9 Å². The summed E-state index contributed by atoms with van der Waals surface area (Å²) in [6, 6.07) is 5.34. The zero-order valence-electron chi connectivity index (χ0n) is 11.6. The minimum absolute atomic E-state index is 0.201. The highest BCUT2D eigenvalue weighted by atomic mass is 35.5. The fraction of sp³-hybridized carbons (Fsp3) is 0.357. The fourth-order valence-corrected chi connectivity index (χ4v) is 4.75. The standard InChI is InChI=1S/C14H16ClN3O2S/c1-16-11-5-6-18(9-11)21(19,20)13-4-2-3-10-7-17-8-12(15)14(10)13/h2-4,7-8,11,16H,5-6,9H2,1H3/t11-/m0/s1. The van der Waals surface area contributed by atoms with Gasteiger partial charge in [0, 0.05) is 42.3 Å². The summed E-state index contributed by atoms with van der Waals surface area (Å²) in [5, 5.41) is 4.75. The van der Waals surface area contributed by atoms with Gasteiger partial charge in [-0.2, -0.15) is 4.31 Å². The number of nitrogens with zero attached hydrogens (tertiary/aromatic N) is 2. The molecule has 2 heterocycles. The van der Waals surface area contributed by atoms with E-state index in [1.54, 1.807) is 18.3 Å². The number of benzene rings is 1. The Morgan fingerprint density at radius 3 is 2.90 bits per heavy atom. The Labute approximate surface area is 129 Å². The molecule has 0 aliphatic carbocycles. The van der Waals surface area contributed by atoms with Gasteiger partial charge in [-0.15, -0.1) is 0 Å². The maximum Gasteiger partial charge on any atom is 0.243 e. The molecule has 0 bridgehead atoms. The second-order valence-electron chi connectivity index (χ2n) is 5.11. The van der Waals surface area contributed by atoms with Crippen LogP contribution < -0.4 is 5.32 Å². The summed E-state index contributed by atoms with van der Waals surface area (Å²) in [6.07, 6.45) is 3.92. The predicted molar refractivity (Wildman–Crippen MR) is 83.0 cm³/mol. The van der Waals surface area contributed by atoms with Crippen LogP contribution in [0.2, 0.25) is 5.02 Å². The van der Waals surface area contributed by atoms with Gasteiger partial charge in [0.2, 0.25) is 10.0 Å². The number of hydrogen-bond acceptors (Lipinski definition) is 4. The molecule has 3 rings (SSSR count).